The fourth-order valence-corrected chi connectivity index (χ4v) is 4.53. The number of phenolic OH excluding ortho intramolecular Hbond substituents is 1. The molecule has 1 fully saturated rings. The Bertz CT molecular complexity index is 1050. The zero-order chi connectivity index (χ0) is 21.2. The highest BCUT2D eigenvalue weighted by molar-refractivity contribution is 5.97. The third-order valence-electron chi connectivity index (χ3n) is 6.14. The van der Waals surface area contributed by atoms with Crippen molar-refractivity contribution >= 4 is 16.8 Å². The molecular formula is C24H27N3O4. The third-order valence-corrected chi connectivity index (χ3v) is 6.14. The molecule has 1 amide bonds. The number of ether oxygens (including phenoxy) is 2. The molecule has 0 spiro atoms. The lowest BCUT2D eigenvalue weighted by molar-refractivity contribution is -0.0960. The molecule has 0 bridgehead atoms. The first-order chi connectivity index (χ1) is 15.2. The Kier molecular flexibility index (Phi) is 5.53. The first-order valence-corrected chi connectivity index (χ1v) is 10.9. The fourth-order valence-electron chi connectivity index (χ4n) is 4.53. The number of para-hydroxylation sites is 1. The molecule has 7 nitrogen and oxygen atoms in total. The minimum absolute atomic E-state index is 0.0697. The molecule has 1 aromatic heterocycles. The summed E-state index contributed by atoms with van der Waals surface area (Å²) < 4.78 is 12.0. The molecule has 3 aromatic rings. The SMILES string of the molecule is O=C(NCCCCN1CCO[C@@H]2c3cc(O)ccc3OC[C@@H]21)c1cc2ccccc2[nH]1. The van der Waals surface area contributed by atoms with E-state index in [1.165, 1.54) is 0 Å². The van der Waals surface area contributed by atoms with Crippen molar-refractivity contribution < 1.29 is 19.4 Å². The van der Waals surface area contributed by atoms with E-state index in [0.717, 1.165) is 48.1 Å². The second-order valence-corrected chi connectivity index (χ2v) is 8.16. The number of aromatic amines is 1. The van der Waals surface area contributed by atoms with Gasteiger partial charge in [0.15, 0.2) is 0 Å². The van der Waals surface area contributed by atoms with Crippen LogP contribution in [0.2, 0.25) is 0 Å². The van der Waals surface area contributed by atoms with Crippen molar-refractivity contribution in [3.05, 3.63) is 59.8 Å². The van der Waals surface area contributed by atoms with Crippen LogP contribution >= 0.6 is 0 Å². The van der Waals surface area contributed by atoms with Gasteiger partial charge < -0.3 is 24.9 Å². The number of phenols is 1. The lowest BCUT2D eigenvalue weighted by atomic mass is 9.96. The second-order valence-electron chi connectivity index (χ2n) is 8.16. The van der Waals surface area contributed by atoms with Crippen LogP contribution in [0, 0.1) is 0 Å². The van der Waals surface area contributed by atoms with Crippen molar-refractivity contribution in [1.29, 1.82) is 0 Å². The van der Waals surface area contributed by atoms with E-state index in [2.05, 4.69) is 15.2 Å². The summed E-state index contributed by atoms with van der Waals surface area (Å²) in [7, 11) is 0. The van der Waals surface area contributed by atoms with Crippen LogP contribution in [0.1, 0.15) is 35.0 Å². The molecule has 3 heterocycles. The summed E-state index contributed by atoms with van der Waals surface area (Å²) in [6.45, 7) is 3.66. The summed E-state index contributed by atoms with van der Waals surface area (Å²) in [4.78, 5) is 18.0. The van der Waals surface area contributed by atoms with E-state index in [9.17, 15) is 9.90 Å². The van der Waals surface area contributed by atoms with E-state index in [1.54, 1.807) is 18.2 Å². The van der Waals surface area contributed by atoms with Crippen molar-refractivity contribution in [2.75, 3.05) is 32.8 Å². The van der Waals surface area contributed by atoms with Gasteiger partial charge in [-0.3, -0.25) is 9.69 Å². The van der Waals surface area contributed by atoms with Gasteiger partial charge in [-0.05, 0) is 49.7 Å². The highest BCUT2D eigenvalue weighted by Crippen LogP contribution is 2.40. The lowest BCUT2D eigenvalue weighted by Gasteiger charge is -2.44. The van der Waals surface area contributed by atoms with E-state index >= 15 is 0 Å². The number of fused-ring (bicyclic) bond motifs is 4. The van der Waals surface area contributed by atoms with Crippen molar-refractivity contribution in [3.8, 4) is 11.5 Å². The van der Waals surface area contributed by atoms with Gasteiger partial charge >= 0.3 is 0 Å². The molecule has 0 aliphatic carbocycles. The molecule has 1 saturated heterocycles. The molecule has 2 aromatic carbocycles. The largest absolute Gasteiger partial charge is 0.508 e. The van der Waals surface area contributed by atoms with Gasteiger partial charge in [-0.15, -0.1) is 0 Å². The molecular weight excluding hydrogens is 394 g/mol. The van der Waals surface area contributed by atoms with Crippen LogP contribution in [0.15, 0.2) is 48.5 Å². The maximum Gasteiger partial charge on any atom is 0.267 e. The Hall–Kier alpha value is -3.03. The number of nitrogens with zero attached hydrogens (tertiary/aromatic N) is 1. The van der Waals surface area contributed by atoms with Gasteiger partial charge in [0, 0.05) is 29.6 Å². The van der Waals surface area contributed by atoms with Crippen LogP contribution in [-0.4, -0.2) is 59.8 Å². The van der Waals surface area contributed by atoms with Crippen molar-refractivity contribution in [1.82, 2.24) is 15.2 Å². The Morgan fingerprint density at radius 3 is 3.00 bits per heavy atom. The van der Waals surface area contributed by atoms with Gasteiger partial charge in [0.1, 0.15) is 29.9 Å². The molecule has 31 heavy (non-hydrogen) atoms. The highest BCUT2D eigenvalue weighted by Gasteiger charge is 2.38. The number of H-pyrrole nitrogens is 1. The summed E-state index contributed by atoms with van der Waals surface area (Å²) >= 11 is 0. The maximum absolute atomic E-state index is 12.4. The van der Waals surface area contributed by atoms with Crippen LogP contribution in [0.4, 0.5) is 0 Å². The number of aromatic nitrogens is 1. The molecule has 7 heteroatoms. The number of hydrogen-bond acceptors (Lipinski definition) is 5. The number of morpholine rings is 1. The van der Waals surface area contributed by atoms with Crippen LogP contribution in [0.25, 0.3) is 10.9 Å². The summed E-state index contributed by atoms with van der Waals surface area (Å²) in [6.07, 6.45) is 1.80. The number of amides is 1. The minimum atomic E-state index is -0.0775. The first-order valence-electron chi connectivity index (χ1n) is 10.9. The number of rotatable bonds is 6. The number of hydrogen-bond donors (Lipinski definition) is 3. The van der Waals surface area contributed by atoms with E-state index < -0.39 is 0 Å². The van der Waals surface area contributed by atoms with Crippen molar-refractivity contribution in [3.63, 3.8) is 0 Å². The number of benzene rings is 2. The molecule has 5 rings (SSSR count). The minimum Gasteiger partial charge on any atom is -0.508 e. The van der Waals surface area contributed by atoms with Gasteiger partial charge in [-0.2, -0.15) is 0 Å². The van der Waals surface area contributed by atoms with Crippen molar-refractivity contribution in [2.24, 2.45) is 0 Å². The van der Waals surface area contributed by atoms with Crippen LogP contribution in [0.5, 0.6) is 11.5 Å². The van der Waals surface area contributed by atoms with E-state index in [-0.39, 0.29) is 23.8 Å². The van der Waals surface area contributed by atoms with Crippen LogP contribution < -0.4 is 10.1 Å². The molecule has 2 aliphatic rings. The van der Waals surface area contributed by atoms with Gasteiger partial charge in [0.25, 0.3) is 5.91 Å². The number of aromatic hydroxyl groups is 1. The Labute approximate surface area is 181 Å². The van der Waals surface area contributed by atoms with Crippen LogP contribution in [-0.2, 0) is 4.74 Å². The summed E-state index contributed by atoms with van der Waals surface area (Å²) in [5, 5.41) is 13.9. The topological polar surface area (TPSA) is 86.8 Å². The first kappa shape index (κ1) is 19.9. The Morgan fingerprint density at radius 1 is 1.19 bits per heavy atom. The van der Waals surface area contributed by atoms with Crippen molar-refractivity contribution in [2.45, 2.75) is 25.0 Å². The number of carbonyl (C=O) groups is 1. The zero-order valence-corrected chi connectivity index (χ0v) is 17.3. The summed E-state index contributed by atoms with van der Waals surface area (Å²) in [5.41, 5.74) is 2.49. The maximum atomic E-state index is 12.4. The smallest absolute Gasteiger partial charge is 0.267 e. The molecule has 0 radical (unpaired) electrons. The highest BCUT2D eigenvalue weighted by atomic mass is 16.5. The average Bonchev–Trinajstić information content (AvgIpc) is 3.23. The van der Waals surface area contributed by atoms with E-state index in [0.29, 0.717) is 25.5 Å². The normalized spacial score (nSPS) is 20.6. The van der Waals surface area contributed by atoms with E-state index in [4.69, 9.17) is 9.47 Å². The number of unbranched alkanes of at least 4 members (excludes halogenated alkanes) is 1. The molecule has 3 N–H and O–H groups in total. The van der Waals surface area contributed by atoms with Gasteiger partial charge in [-0.25, -0.2) is 0 Å². The van der Waals surface area contributed by atoms with Gasteiger partial charge in [0.05, 0.1) is 12.6 Å². The molecule has 2 aliphatic heterocycles. The Morgan fingerprint density at radius 2 is 2.10 bits per heavy atom. The summed E-state index contributed by atoms with van der Waals surface area (Å²) in [6, 6.07) is 15.1. The van der Waals surface area contributed by atoms with Gasteiger partial charge in [-0.1, -0.05) is 18.2 Å². The standard InChI is InChI=1S/C24H27N3O4/c28-17-7-8-22-18(14-17)23-21(15-31-22)27(11-12-30-23)10-4-3-9-25-24(29)20-13-16-5-1-2-6-19(16)26-20/h1-2,5-8,13-14,21,23,26,28H,3-4,9-12,15H2,(H,25,29)/t21-,23+/m0/s1. The van der Waals surface area contributed by atoms with Gasteiger partial charge in [0.2, 0.25) is 0 Å². The van der Waals surface area contributed by atoms with E-state index in [1.807, 2.05) is 30.3 Å². The van der Waals surface area contributed by atoms with Crippen LogP contribution in [0.3, 0.4) is 0 Å². The lowest BCUT2D eigenvalue weighted by Crippen LogP contribution is -2.52. The number of carbonyl (C=O) groups excluding carboxylic acids is 1. The molecule has 162 valence electrons. The molecule has 0 unspecified atom stereocenters. The second kappa shape index (κ2) is 8.61. The fraction of sp³-hybridized carbons (Fsp3) is 0.375. The average molecular weight is 421 g/mol. The monoisotopic (exact) mass is 421 g/mol. The number of nitrogens with one attached hydrogen (secondary N) is 2. The quantitative estimate of drug-likeness (QED) is 0.532. The zero-order valence-electron chi connectivity index (χ0n) is 17.3. The molecule has 0 saturated carbocycles. The Balaban J connectivity index is 1.11. The summed E-state index contributed by atoms with van der Waals surface area (Å²) in [5.74, 6) is 0.953. The predicted molar refractivity (Wildman–Crippen MR) is 118 cm³/mol. The molecule has 2 atom stereocenters. The third kappa shape index (κ3) is 4.11. The predicted octanol–water partition coefficient (Wildman–Crippen LogP) is 3.22.